The molecule has 0 aromatic carbocycles. The maximum atomic E-state index is 10.8. The van der Waals surface area contributed by atoms with E-state index in [1.807, 2.05) is 18.2 Å². The smallest absolute Gasteiger partial charge is 0.286 e. The van der Waals surface area contributed by atoms with Gasteiger partial charge in [0.15, 0.2) is 5.82 Å². The van der Waals surface area contributed by atoms with Gasteiger partial charge in [0, 0.05) is 18.0 Å². The van der Waals surface area contributed by atoms with Crippen molar-refractivity contribution in [3.63, 3.8) is 0 Å². The number of carbonyl (C=O) groups is 1. The zero-order valence-electron chi connectivity index (χ0n) is 7.77. The standard InChI is InChI=1S/C9H9N5O/c10-7(15)9-12-8(13-14-9)6-3-1-2-4-11-5-6/h1-5,11H,(H2,10,15)(H,12,13,14). The van der Waals surface area contributed by atoms with Crippen LogP contribution in [0.3, 0.4) is 0 Å². The van der Waals surface area contributed by atoms with Crippen LogP contribution in [0, 0.1) is 0 Å². The Balaban J connectivity index is 2.29. The quantitative estimate of drug-likeness (QED) is 0.626. The lowest BCUT2D eigenvalue weighted by Gasteiger charge is -1.93. The summed E-state index contributed by atoms with van der Waals surface area (Å²) >= 11 is 0. The number of amides is 1. The van der Waals surface area contributed by atoms with E-state index >= 15 is 0 Å². The van der Waals surface area contributed by atoms with Crippen LogP contribution in [0.15, 0.2) is 30.6 Å². The fourth-order valence-electron chi connectivity index (χ4n) is 1.10. The van der Waals surface area contributed by atoms with Crippen LogP contribution in [0.1, 0.15) is 16.4 Å². The zero-order valence-corrected chi connectivity index (χ0v) is 7.77. The molecule has 15 heavy (non-hydrogen) atoms. The second-order valence-corrected chi connectivity index (χ2v) is 2.86. The minimum absolute atomic E-state index is 0.0523. The second kappa shape index (κ2) is 3.79. The highest BCUT2D eigenvalue weighted by molar-refractivity contribution is 5.89. The highest BCUT2D eigenvalue weighted by Crippen LogP contribution is 2.11. The van der Waals surface area contributed by atoms with Gasteiger partial charge in [0.2, 0.25) is 5.82 Å². The number of nitrogens with two attached hydrogens (primary N) is 1. The van der Waals surface area contributed by atoms with E-state index in [0.29, 0.717) is 5.82 Å². The summed E-state index contributed by atoms with van der Waals surface area (Å²) in [6, 6.07) is 0. The molecule has 4 N–H and O–H groups in total. The van der Waals surface area contributed by atoms with Crippen LogP contribution in [0.25, 0.3) is 5.57 Å². The lowest BCUT2D eigenvalue weighted by molar-refractivity contribution is 0.0991. The fourth-order valence-corrected chi connectivity index (χ4v) is 1.10. The number of aromatic amines is 1. The molecule has 0 saturated carbocycles. The van der Waals surface area contributed by atoms with E-state index in [4.69, 9.17) is 5.73 Å². The van der Waals surface area contributed by atoms with Crippen LogP contribution in [0.5, 0.6) is 0 Å². The Hall–Kier alpha value is -2.37. The summed E-state index contributed by atoms with van der Waals surface area (Å²) in [5.41, 5.74) is 5.82. The summed E-state index contributed by atoms with van der Waals surface area (Å²) in [5.74, 6) is -0.147. The van der Waals surface area contributed by atoms with Crippen molar-refractivity contribution in [2.75, 3.05) is 0 Å². The van der Waals surface area contributed by atoms with Gasteiger partial charge in [0.05, 0.1) is 0 Å². The molecule has 0 fully saturated rings. The van der Waals surface area contributed by atoms with Crippen LogP contribution < -0.4 is 11.1 Å². The highest BCUT2D eigenvalue weighted by Gasteiger charge is 2.10. The van der Waals surface area contributed by atoms with E-state index in [1.165, 1.54) is 0 Å². The summed E-state index contributed by atoms with van der Waals surface area (Å²) in [6.45, 7) is 0. The van der Waals surface area contributed by atoms with Crippen molar-refractivity contribution < 1.29 is 4.79 Å². The number of aromatic nitrogens is 3. The predicted octanol–water partition coefficient (Wildman–Crippen LogP) is -0.0824. The fraction of sp³-hybridized carbons (Fsp3) is 0. The SMILES string of the molecule is NC(=O)c1nc(C2=CNC=CC=C2)n[nH]1. The molecule has 0 saturated heterocycles. The number of carbonyl (C=O) groups excluding carboxylic acids is 1. The molecular weight excluding hydrogens is 194 g/mol. The van der Waals surface area contributed by atoms with Crippen molar-refractivity contribution in [1.82, 2.24) is 20.5 Å². The molecule has 0 unspecified atom stereocenters. The minimum Gasteiger partial charge on any atom is -0.367 e. The predicted molar refractivity (Wildman–Crippen MR) is 54.3 cm³/mol. The Morgan fingerprint density at radius 2 is 2.27 bits per heavy atom. The molecule has 6 nitrogen and oxygen atoms in total. The molecule has 0 aliphatic carbocycles. The first-order chi connectivity index (χ1) is 7.27. The Morgan fingerprint density at radius 1 is 1.40 bits per heavy atom. The van der Waals surface area contributed by atoms with E-state index in [2.05, 4.69) is 20.5 Å². The molecule has 1 amide bonds. The highest BCUT2D eigenvalue weighted by atomic mass is 16.1. The van der Waals surface area contributed by atoms with Gasteiger partial charge in [-0.1, -0.05) is 6.08 Å². The number of H-pyrrole nitrogens is 1. The van der Waals surface area contributed by atoms with Crippen molar-refractivity contribution in [2.24, 2.45) is 5.73 Å². The third-order valence-corrected chi connectivity index (χ3v) is 1.80. The van der Waals surface area contributed by atoms with Gasteiger partial charge in [0.1, 0.15) is 0 Å². The molecule has 6 heteroatoms. The molecule has 1 aliphatic rings. The van der Waals surface area contributed by atoms with Gasteiger partial charge in [-0.2, -0.15) is 5.10 Å². The summed E-state index contributed by atoms with van der Waals surface area (Å²) in [5, 5.41) is 9.26. The number of nitrogens with zero attached hydrogens (tertiary/aromatic N) is 2. The average molecular weight is 203 g/mol. The normalized spacial score (nSPS) is 14.3. The van der Waals surface area contributed by atoms with Gasteiger partial charge in [-0.15, -0.1) is 0 Å². The summed E-state index contributed by atoms with van der Waals surface area (Å²) in [7, 11) is 0. The molecule has 1 aromatic heterocycles. The first kappa shape index (κ1) is 9.20. The molecule has 2 rings (SSSR count). The largest absolute Gasteiger partial charge is 0.367 e. The number of allylic oxidation sites excluding steroid dienone is 4. The van der Waals surface area contributed by atoms with Gasteiger partial charge in [0.25, 0.3) is 5.91 Å². The first-order valence-electron chi connectivity index (χ1n) is 4.29. The molecular formula is C9H9N5O. The lowest BCUT2D eigenvalue weighted by atomic mass is 10.2. The van der Waals surface area contributed by atoms with Gasteiger partial charge in [-0.25, -0.2) is 4.98 Å². The van der Waals surface area contributed by atoms with E-state index in [-0.39, 0.29) is 5.82 Å². The van der Waals surface area contributed by atoms with E-state index in [1.54, 1.807) is 12.4 Å². The van der Waals surface area contributed by atoms with Crippen molar-refractivity contribution >= 4 is 11.5 Å². The number of hydrogen-bond donors (Lipinski definition) is 3. The van der Waals surface area contributed by atoms with Gasteiger partial charge < -0.3 is 11.1 Å². The summed E-state index contributed by atoms with van der Waals surface area (Å²) < 4.78 is 0. The Bertz CT molecular complexity index is 469. The van der Waals surface area contributed by atoms with Crippen LogP contribution in [0.4, 0.5) is 0 Å². The molecule has 0 atom stereocenters. The Kier molecular flexibility index (Phi) is 2.32. The summed E-state index contributed by atoms with van der Waals surface area (Å²) in [6.07, 6.45) is 9.00. The lowest BCUT2D eigenvalue weighted by Crippen LogP contribution is -2.12. The first-order valence-corrected chi connectivity index (χ1v) is 4.29. The maximum Gasteiger partial charge on any atom is 0.286 e. The van der Waals surface area contributed by atoms with Crippen LogP contribution in [-0.4, -0.2) is 21.1 Å². The molecule has 1 aromatic rings. The Morgan fingerprint density at radius 3 is 3.00 bits per heavy atom. The maximum absolute atomic E-state index is 10.8. The number of nitrogens with one attached hydrogen (secondary N) is 2. The monoisotopic (exact) mass is 203 g/mol. The van der Waals surface area contributed by atoms with E-state index in [0.717, 1.165) is 5.57 Å². The van der Waals surface area contributed by atoms with Crippen molar-refractivity contribution in [3.05, 3.63) is 42.3 Å². The number of primary amides is 1. The Labute approximate surface area is 85.6 Å². The van der Waals surface area contributed by atoms with Gasteiger partial charge in [-0.05, 0) is 12.2 Å². The minimum atomic E-state index is -0.627. The van der Waals surface area contributed by atoms with E-state index in [9.17, 15) is 4.79 Å². The number of rotatable bonds is 2. The van der Waals surface area contributed by atoms with E-state index < -0.39 is 5.91 Å². The molecule has 0 spiro atoms. The van der Waals surface area contributed by atoms with Crippen LogP contribution in [0.2, 0.25) is 0 Å². The third kappa shape index (κ3) is 1.93. The molecule has 2 heterocycles. The van der Waals surface area contributed by atoms with Crippen molar-refractivity contribution in [1.29, 1.82) is 0 Å². The van der Waals surface area contributed by atoms with Crippen molar-refractivity contribution in [2.45, 2.75) is 0 Å². The molecule has 0 radical (unpaired) electrons. The molecule has 76 valence electrons. The van der Waals surface area contributed by atoms with Gasteiger partial charge >= 0.3 is 0 Å². The third-order valence-electron chi connectivity index (χ3n) is 1.80. The second-order valence-electron chi connectivity index (χ2n) is 2.86. The topological polar surface area (TPSA) is 96.7 Å². The molecule has 0 bridgehead atoms. The zero-order chi connectivity index (χ0) is 10.7. The van der Waals surface area contributed by atoms with Gasteiger partial charge in [-0.3, -0.25) is 9.89 Å². The molecule has 1 aliphatic heterocycles. The van der Waals surface area contributed by atoms with Crippen molar-refractivity contribution in [3.8, 4) is 0 Å². The van der Waals surface area contributed by atoms with Crippen LogP contribution in [-0.2, 0) is 0 Å². The summed E-state index contributed by atoms with van der Waals surface area (Å²) in [4.78, 5) is 14.7. The van der Waals surface area contributed by atoms with Crippen LogP contribution >= 0.6 is 0 Å². The average Bonchev–Trinajstić information content (AvgIpc) is 2.55. The number of hydrogen-bond acceptors (Lipinski definition) is 4.